The molecule has 1 heteroatoms. The summed E-state index contributed by atoms with van der Waals surface area (Å²) in [6, 6.07) is 2.17. The molecule has 0 saturated carbocycles. The zero-order chi connectivity index (χ0) is 9.59. The minimum Gasteiger partial charge on any atom is -0.323 e. The Kier molecular flexibility index (Phi) is 1.69. The number of hydrogen-bond acceptors (Lipinski definition) is 0. The second-order valence-corrected chi connectivity index (χ2v) is 3.82. The Bertz CT molecular complexity index is 463. The van der Waals surface area contributed by atoms with Gasteiger partial charge in [-0.25, -0.2) is 0 Å². The Balaban J connectivity index is 2.97. The van der Waals surface area contributed by atoms with Crippen molar-refractivity contribution in [3.05, 3.63) is 40.7 Å². The predicted octanol–water partition coefficient (Wildman–Crippen LogP) is 3.17. The molecule has 0 atom stereocenters. The lowest BCUT2D eigenvalue weighted by Gasteiger charge is -2.04. The summed E-state index contributed by atoms with van der Waals surface area (Å²) >= 11 is 0. The molecular formula is C12H15N. The number of fused-ring (bicyclic) bond motifs is 1. The molecule has 0 spiro atoms. The number of aryl methyl sites for hydroxylation is 4. The summed E-state index contributed by atoms with van der Waals surface area (Å²) in [5.74, 6) is 0. The maximum Gasteiger partial charge on any atom is 0.0513 e. The normalized spacial score (nSPS) is 11.1. The minimum atomic E-state index is 1.37. The van der Waals surface area contributed by atoms with E-state index in [4.69, 9.17) is 0 Å². The van der Waals surface area contributed by atoms with Crippen LogP contribution in [0, 0.1) is 27.7 Å². The first kappa shape index (κ1) is 8.36. The molecule has 0 aliphatic carbocycles. The van der Waals surface area contributed by atoms with Crippen LogP contribution in [0.1, 0.15) is 22.3 Å². The van der Waals surface area contributed by atoms with Crippen molar-refractivity contribution < 1.29 is 0 Å². The van der Waals surface area contributed by atoms with Gasteiger partial charge < -0.3 is 4.40 Å². The van der Waals surface area contributed by atoms with Gasteiger partial charge >= 0.3 is 0 Å². The monoisotopic (exact) mass is 173 g/mol. The van der Waals surface area contributed by atoms with Crippen LogP contribution in [0.4, 0.5) is 0 Å². The van der Waals surface area contributed by atoms with Crippen molar-refractivity contribution in [3.8, 4) is 0 Å². The maximum atomic E-state index is 2.22. The molecule has 2 rings (SSSR count). The van der Waals surface area contributed by atoms with Gasteiger partial charge in [0.25, 0.3) is 0 Å². The molecule has 0 fully saturated rings. The number of hydrogen-bond donors (Lipinski definition) is 0. The minimum absolute atomic E-state index is 1.37. The Labute approximate surface area is 79.0 Å². The van der Waals surface area contributed by atoms with Gasteiger partial charge in [0.1, 0.15) is 0 Å². The molecule has 2 aromatic heterocycles. The quantitative estimate of drug-likeness (QED) is 0.576. The third-order valence-corrected chi connectivity index (χ3v) is 2.97. The molecule has 2 heterocycles. The van der Waals surface area contributed by atoms with Crippen molar-refractivity contribution in [2.45, 2.75) is 27.7 Å². The highest BCUT2D eigenvalue weighted by atomic mass is 14.9. The molecule has 1 nitrogen and oxygen atoms in total. The fraction of sp³-hybridized carbons (Fsp3) is 0.333. The van der Waals surface area contributed by atoms with Crippen LogP contribution in [0.3, 0.4) is 0 Å². The molecular weight excluding hydrogens is 158 g/mol. The first-order valence-corrected chi connectivity index (χ1v) is 4.65. The zero-order valence-electron chi connectivity index (χ0n) is 8.68. The van der Waals surface area contributed by atoms with E-state index in [1.165, 1.54) is 27.8 Å². The van der Waals surface area contributed by atoms with Crippen LogP contribution in [-0.2, 0) is 0 Å². The van der Waals surface area contributed by atoms with Crippen LogP contribution >= 0.6 is 0 Å². The standard InChI is InChI=1S/C12H15N/c1-8-5-6-13-7-9(2)11(4)12(13)10(8)3/h5-7H,1-4H3. The second kappa shape index (κ2) is 2.63. The van der Waals surface area contributed by atoms with E-state index in [0.29, 0.717) is 0 Å². The molecule has 0 unspecified atom stereocenters. The molecule has 0 aliphatic rings. The smallest absolute Gasteiger partial charge is 0.0513 e. The lowest BCUT2D eigenvalue weighted by molar-refractivity contribution is 1.15. The van der Waals surface area contributed by atoms with E-state index in [2.05, 4.69) is 50.6 Å². The van der Waals surface area contributed by atoms with Gasteiger partial charge in [-0.3, -0.25) is 0 Å². The topological polar surface area (TPSA) is 4.41 Å². The van der Waals surface area contributed by atoms with Crippen LogP contribution in [0.15, 0.2) is 18.5 Å². The Morgan fingerprint density at radius 2 is 1.54 bits per heavy atom. The summed E-state index contributed by atoms with van der Waals surface area (Å²) < 4.78 is 2.22. The average molecular weight is 173 g/mol. The highest BCUT2D eigenvalue weighted by molar-refractivity contribution is 5.65. The van der Waals surface area contributed by atoms with Gasteiger partial charge in [-0.2, -0.15) is 0 Å². The molecule has 0 aromatic carbocycles. The molecule has 0 bridgehead atoms. The third-order valence-electron chi connectivity index (χ3n) is 2.97. The van der Waals surface area contributed by atoms with Crippen LogP contribution in [0.2, 0.25) is 0 Å². The number of pyridine rings is 1. The van der Waals surface area contributed by atoms with Gasteiger partial charge in [-0.1, -0.05) is 0 Å². The van der Waals surface area contributed by atoms with E-state index in [9.17, 15) is 0 Å². The maximum absolute atomic E-state index is 2.22. The lowest BCUT2D eigenvalue weighted by atomic mass is 10.1. The summed E-state index contributed by atoms with van der Waals surface area (Å²) in [6.45, 7) is 8.71. The highest BCUT2D eigenvalue weighted by Crippen LogP contribution is 2.22. The third kappa shape index (κ3) is 1.07. The fourth-order valence-corrected chi connectivity index (χ4v) is 1.85. The predicted molar refractivity (Wildman–Crippen MR) is 56.3 cm³/mol. The van der Waals surface area contributed by atoms with Gasteiger partial charge in [-0.15, -0.1) is 0 Å². The summed E-state index contributed by atoms with van der Waals surface area (Å²) in [5, 5.41) is 0. The van der Waals surface area contributed by atoms with E-state index < -0.39 is 0 Å². The van der Waals surface area contributed by atoms with E-state index in [1.54, 1.807) is 0 Å². The van der Waals surface area contributed by atoms with Crippen molar-refractivity contribution >= 4 is 5.52 Å². The molecule has 68 valence electrons. The SMILES string of the molecule is Cc1ccn2cc(C)c(C)c2c1C. The molecule has 0 amide bonds. The fourth-order valence-electron chi connectivity index (χ4n) is 1.85. The molecule has 0 saturated heterocycles. The van der Waals surface area contributed by atoms with Crippen molar-refractivity contribution in [3.63, 3.8) is 0 Å². The highest BCUT2D eigenvalue weighted by Gasteiger charge is 2.06. The van der Waals surface area contributed by atoms with E-state index in [1.807, 2.05) is 0 Å². The van der Waals surface area contributed by atoms with Crippen molar-refractivity contribution in [1.29, 1.82) is 0 Å². The van der Waals surface area contributed by atoms with Crippen molar-refractivity contribution in [2.24, 2.45) is 0 Å². The van der Waals surface area contributed by atoms with Crippen LogP contribution in [0.5, 0.6) is 0 Å². The van der Waals surface area contributed by atoms with Gasteiger partial charge in [0.05, 0.1) is 5.52 Å². The average Bonchev–Trinajstić information content (AvgIpc) is 2.37. The Morgan fingerprint density at radius 1 is 0.923 bits per heavy atom. The summed E-state index contributed by atoms with van der Waals surface area (Å²) in [4.78, 5) is 0. The summed E-state index contributed by atoms with van der Waals surface area (Å²) in [6.07, 6.45) is 4.33. The molecule has 0 N–H and O–H groups in total. The van der Waals surface area contributed by atoms with Gasteiger partial charge in [0.2, 0.25) is 0 Å². The number of nitrogens with zero attached hydrogens (tertiary/aromatic N) is 1. The van der Waals surface area contributed by atoms with E-state index >= 15 is 0 Å². The van der Waals surface area contributed by atoms with Gasteiger partial charge in [-0.05, 0) is 56.0 Å². The number of aromatic nitrogens is 1. The molecule has 13 heavy (non-hydrogen) atoms. The van der Waals surface area contributed by atoms with Crippen LogP contribution < -0.4 is 0 Å². The first-order chi connectivity index (χ1) is 6.11. The molecule has 2 aromatic rings. The van der Waals surface area contributed by atoms with Crippen LogP contribution in [-0.4, -0.2) is 4.40 Å². The first-order valence-electron chi connectivity index (χ1n) is 4.65. The van der Waals surface area contributed by atoms with Crippen molar-refractivity contribution in [1.82, 2.24) is 4.40 Å². The van der Waals surface area contributed by atoms with Gasteiger partial charge in [0.15, 0.2) is 0 Å². The zero-order valence-corrected chi connectivity index (χ0v) is 8.68. The lowest BCUT2D eigenvalue weighted by Crippen LogP contribution is -1.89. The van der Waals surface area contributed by atoms with E-state index in [0.717, 1.165) is 0 Å². The number of rotatable bonds is 0. The molecule has 0 aliphatic heterocycles. The Morgan fingerprint density at radius 3 is 2.23 bits per heavy atom. The van der Waals surface area contributed by atoms with Crippen LogP contribution in [0.25, 0.3) is 5.52 Å². The molecule has 0 radical (unpaired) electrons. The Hall–Kier alpha value is -1.24. The second-order valence-electron chi connectivity index (χ2n) is 3.82. The van der Waals surface area contributed by atoms with Crippen molar-refractivity contribution in [2.75, 3.05) is 0 Å². The summed E-state index contributed by atoms with van der Waals surface area (Å²) in [5.41, 5.74) is 6.91. The summed E-state index contributed by atoms with van der Waals surface area (Å²) in [7, 11) is 0. The van der Waals surface area contributed by atoms with E-state index in [-0.39, 0.29) is 0 Å². The van der Waals surface area contributed by atoms with Gasteiger partial charge in [0, 0.05) is 12.4 Å². The largest absolute Gasteiger partial charge is 0.323 e.